The van der Waals surface area contributed by atoms with Gasteiger partial charge in [0.25, 0.3) is 0 Å². The lowest BCUT2D eigenvalue weighted by molar-refractivity contribution is 0.182. The highest BCUT2D eigenvalue weighted by atomic mass is 127. The maximum absolute atomic E-state index is 13.4. The average molecular weight is 393 g/mol. The molecule has 2 atom stereocenters. The second-order valence-electron chi connectivity index (χ2n) is 3.39. The summed E-state index contributed by atoms with van der Waals surface area (Å²) in [5, 5.41) is 9.94. The highest BCUT2D eigenvalue weighted by molar-refractivity contribution is 14.1. The van der Waals surface area contributed by atoms with E-state index in [1.54, 1.807) is 0 Å². The summed E-state index contributed by atoms with van der Waals surface area (Å²) in [6, 6.07) is 5.40. The van der Waals surface area contributed by atoms with E-state index in [1.165, 1.54) is 47.7 Å². The summed E-state index contributed by atoms with van der Waals surface area (Å²) in [7, 11) is -3.73. The molecule has 0 saturated heterocycles. The van der Waals surface area contributed by atoms with Crippen LogP contribution < -0.4 is 0 Å². The normalized spacial score (nSPS) is 17.5. The second-order valence-corrected chi connectivity index (χ2v) is 9.73. The van der Waals surface area contributed by atoms with Crippen LogP contribution in [0.25, 0.3) is 0 Å². The van der Waals surface area contributed by atoms with Gasteiger partial charge in [-0.3, -0.25) is 0 Å². The summed E-state index contributed by atoms with van der Waals surface area (Å²) in [4.78, 5) is 0. The first-order valence-corrected chi connectivity index (χ1v) is 7.87. The summed E-state index contributed by atoms with van der Waals surface area (Å²) >= 11 is 7.29. The van der Waals surface area contributed by atoms with E-state index in [9.17, 15) is 17.9 Å². The number of hydrogen-bond acceptors (Lipinski definition) is 3. The summed E-state index contributed by atoms with van der Waals surface area (Å²) in [6.07, 6.45) is -1.63. The molecule has 1 N–H and O–H groups in total. The SMILES string of the molecule is CCS(=O)(=O)[C@](Cl)(I)[C@@H](O)c1ccccc1F. The van der Waals surface area contributed by atoms with Gasteiger partial charge in [0.2, 0.25) is 2.21 Å². The summed E-state index contributed by atoms with van der Waals surface area (Å²) in [5.41, 5.74) is -0.131. The zero-order chi connectivity index (χ0) is 13.3. The molecular weight excluding hydrogens is 382 g/mol. The maximum atomic E-state index is 13.4. The Hall–Kier alpha value is 0.0800. The van der Waals surface area contributed by atoms with Crippen LogP contribution in [0.4, 0.5) is 4.39 Å². The van der Waals surface area contributed by atoms with Gasteiger partial charge in [-0.05, 0) is 28.7 Å². The molecule has 0 heterocycles. The third kappa shape index (κ3) is 2.91. The summed E-state index contributed by atoms with van der Waals surface area (Å²) < 4.78 is 34.9. The Kier molecular flexibility index (Phi) is 4.79. The van der Waals surface area contributed by atoms with E-state index in [-0.39, 0.29) is 11.3 Å². The largest absolute Gasteiger partial charge is 0.384 e. The first-order valence-electron chi connectivity index (χ1n) is 4.76. The van der Waals surface area contributed by atoms with Gasteiger partial charge in [-0.25, -0.2) is 12.8 Å². The third-order valence-corrected chi connectivity index (χ3v) is 7.64. The van der Waals surface area contributed by atoms with E-state index in [0.717, 1.165) is 6.07 Å². The molecule has 7 heteroatoms. The Balaban J connectivity index is 3.23. The van der Waals surface area contributed by atoms with Crippen molar-refractivity contribution in [2.45, 2.75) is 15.2 Å². The highest BCUT2D eigenvalue weighted by Crippen LogP contribution is 2.43. The fourth-order valence-corrected chi connectivity index (χ4v) is 3.81. The van der Waals surface area contributed by atoms with Gasteiger partial charge in [0.05, 0.1) is 5.75 Å². The van der Waals surface area contributed by atoms with Crippen molar-refractivity contribution in [3.63, 3.8) is 0 Å². The van der Waals surface area contributed by atoms with Gasteiger partial charge in [0.1, 0.15) is 11.9 Å². The smallest absolute Gasteiger partial charge is 0.225 e. The molecule has 0 spiro atoms. The molecule has 96 valence electrons. The topological polar surface area (TPSA) is 54.4 Å². The Morgan fingerprint density at radius 1 is 1.53 bits per heavy atom. The van der Waals surface area contributed by atoms with Gasteiger partial charge in [0, 0.05) is 5.56 Å². The van der Waals surface area contributed by atoms with Crippen LogP contribution in [0.3, 0.4) is 0 Å². The third-order valence-electron chi connectivity index (χ3n) is 2.31. The molecule has 1 rings (SSSR count). The molecule has 0 unspecified atom stereocenters. The molecular formula is C10H11ClFIO3S. The molecule has 0 amide bonds. The van der Waals surface area contributed by atoms with E-state index < -0.39 is 24.0 Å². The van der Waals surface area contributed by atoms with Crippen LogP contribution in [0, 0.1) is 5.82 Å². The number of benzene rings is 1. The first kappa shape index (κ1) is 15.1. The van der Waals surface area contributed by atoms with Gasteiger partial charge < -0.3 is 5.11 Å². The van der Waals surface area contributed by atoms with Gasteiger partial charge in [-0.15, -0.1) is 0 Å². The molecule has 17 heavy (non-hydrogen) atoms. The van der Waals surface area contributed by atoms with Crippen molar-refractivity contribution in [1.82, 2.24) is 0 Å². The average Bonchev–Trinajstić information content (AvgIpc) is 2.28. The predicted octanol–water partition coefficient (Wildman–Crippen LogP) is 2.62. The second kappa shape index (κ2) is 5.38. The maximum Gasteiger partial charge on any atom is 0.225 e. The Morgan fingerprint density at radius 2 is 2.06 bits per heavy atom. The molecule has 0 radical (unpaired) electrons. The van der Waals surface area contributed by atoms with Crippen LogP contribution in [0.2, 0.25) is 0 Å². The molecule has 0 fully saturated rings. The van der Waals surface area contributed by atoms with Crippen LogP contribution in [-0.2, 0) is 9.84 Å². The van der Waals surface area contributed by atoms with Crippen molar-refractivity contribution >= 4 is 44.0 Å². The minimum absolute atomic E-state index is 0.131. The Morgan fingerprint density at radius 3 is 2.53 bits per heavy atom. The van der Waals surface area contributed by atoms with Crippen LogP contribution in [0.15, 0.2) is 24.3 Å². The molecule has 0 aliphatic carbocycles. The lowest BCUT2D eigenvalue weighted by Gasteiger charge is -2.26. The van der Waals surface area contributed by atoms with Crippen LogP contribution in [-0.4, -0.2) is 21.5 Å². The quantitative estimate of drug-likeness (QED) is 0.633. The monoisotopic (exact) mass is 392 g/mol. The molecule has 3 nitrogen and oxygen atoms in total. The molecule has 0 bridgehead atoms. The number of alkyl halides is 2. The van der Waals surface area contributed by atoms with Crippen molar-refractivity contribution in [2.24, 2.45) is 0 Å². The van der Waals surface area contributed by atoms with E-state index in [2.05, 4.69) is 0 Å². The van der Waals surface area contributed by atoms with Crippen molar-refractivity contribution < 1.29 is 17.9 Å². The number of aliphatic hydroxyl groups excluding tert-OH is 1. The van der Waals surface area contributed by atoms with E-state index in [0.29, 0.717) is 0 Å². The molecule has 0 aliphatic rings. The van der Waals surface area contributed by atoms with E-state index >= 15 is 0 Å². The van der Waals surface area contributed by atoms with Crippen molar-refractivity contribution in [3.05, 3.63) is 35.6 Å². The van der Waals surface area contributed by atoms with Crippen LogP contribution >= 0.6 is 34.2 Å². The zero-order valence-corrected chi connectivity index (χ0v) is 12.6. The highest BCUT2D eigenvalue weighted by Gasteiger charge is 2.46. The molecule has 1 aromatic rings. The minimum Gasteiger partial charge on any atom is -0.384 e. The fraction of sp³-hybridized carbons (Fsp3) is 0.400. The number of aliphatic hydroxyl groups is 1. The van der Waals surface area contributed by atoms with Crippen LogP contribution in [0.5, 0.6) is 0 Å². The Bertz CT molecular complexity index is 504. The predicted molar refractivity (Wildman–Crippen MR) is 73.4 cm³/mol. The van der Waals surface area contributed by atoms with Gasteiger partial charge >= 0.3 is 0 Å². The van der Waals surface area contributed by atoms with Gasteiger partial charge in [0.15, 0.2) is 9.84 Å². The van der Waals surface area contributed by atoms with Gasteiger partial charge in [-0.2, -0.15) is 0 Å². The van der Waals surface area contributed by atoms with E-state index in [4.69, 9.17) is 11.6 Å². The molecule has 1 aromatic carbocycles. The van der Waals surface area contributed by atoms with E-state index in [1.807, 2.05) is 0 Å². The summed E-state index contributed by atoms with van der Waals surface area (Å²) in [5.74, 6) is -0.918. The fourth-order valence-electron chi connectivity index (χ4n) is 1.24. The lowest BCUT2D eigenvalue weighted by Crippen LogP contribution is -2.34. The first-order chi connectivity index (χ1) is 7.74. The van der Waals surface area contributed by atoms with Crippen molar-refractivity contribution in [1.29, 1.82) is 0 Å². The number of halogens is 3. The van der Waals surface area contributed by atoms with Crippen molar-refractivity contribution in [3.8, 4) is 0 Å². The lowest BCUT2D eigenvalue weighted by atomic mass is 10.1. The molecule has 0 aliphatic heterocycles. The molecule has 0 saturated carbocycles. The number of rotatable bonds is 4. The zero-order valence-electron chi connectivity index (χ0n) is 8.90. The minimum atomic E-state index is -3.73. The summed E-state index contributed by atoms with van der Waals surface area (Å²) in [6.45, 7) is 1.42. The van der Waals surface area contributed by atoms with Crippen molar-refractivity contribution in [2.75, 3.05) is 5.75 Å². The van der Waals surface area contributed by atoms with Gasteiger partial charge in [-0.1, -0.05) is 36.7 Å². The Labute approximate surface area is 118 Å². The number of sulfone groups is 1. The standard InChI is InChI=1S/C10H11ClFIO3S/c1-2-17(15,16)10(11,13)9(14)7-5-3-4-6-8(7)12/h3-6,9,14H,2H2,1H3/t9-,10+/m0/s1. The number of hydrogen-bond donors (Lipinski definition) is 1. The molecule has 0 aromatic heterocycles. The van der Waals surface area contributed by atoms with Crippen LogP contribution in [0.1, 0.15) is 18.6 Å².